The van der Waals surface area contributed by atoms with Crippen LogP contribution in [0.15, 0.2) is 22.6 Å². The lowest BCUT2D eigenvalue weighted by Crippen LogP contribution is -2.48. The van der Waals surface area contributed by atoms with Crippen LogP contribution in [0.4, 0.5) is 6.01 Å². The van der Waals surface area contributed by atoms with E-state index in [0.717, 1.165) is 30.6 Å². The first kappa shape index (κ1) is 14.8. The van der Waals surface area contributed by atoms with Gasteiger partial charge in [-0.15, -0.1) is 0 Å². The van der Waals surface area contributed by atoms with Crippen molar-refractivity contribution in [2.75, 3.05) is 37.6 Å². The lowest BCUT2D eigenvalue weighted by Gasteiger charge is -2.33. The first-order chi connectivity index (χ1) is 10.7. The first-order valence-corrected chi connectivity index (χ1v) is 7.77. The summed E-state index contributed by atoms with van der Waals surface area (Å²) >= 11 is 0. The number of hydrogen-bond acceptors (Lipinski definition) is 5. The maximum atomic E-state index is 12.0. The van der Waals surface area contributed by atoms with Crippen LogP contribution in [0.3, 0.4) is 0 Å². The van der Waals surface area contributed by atoms with Gasteiger partial charge in [0.2, 0.25) is 5.91 Å². The van der Waals surface area contributed by atoms with E-state index < -0.39 is 0 Å². The number of rotatable bonds is 4. The maximum Gasteiger partial charge on any atom is 0.298 e. The molecule has 0 bridgehead atoms. The molecule has 1 amide bonds. The molecule has 2 N–H and O–H groups in total. The van der Waals surface area contributed by atoms with Gasteiger partial charge in [0.15, 0.2) is 5.58 Å². The second kappa shape index (κ2) is 6.36. The number of oxazole rings is 1. The number of anilines is 1. The fourth-order valence-electron chi connectivity index (χ4n) is 2.72. The van der Waals surface area contributed by atoms with Crippen molar-refractivity contribution in [1.82, 2.24) is 9.88 Å². The van der Waals surface area contributed by atoms with Crippen LogP contribution in [-0.2, 0) is 4.79 Å². The molecule has 118 valence electrons. The predicted octanol–water partition coefficient (Wildman–Crippen LogP) is 1.52. The summed E-state index contributed by atoms with van der Waals surface area (Å²) in [6.45, 7) is 5.52. The third-order valence-corrected chi connectivity index (χ3v) is 4.03. The number of hydrogen-bond donors (Lipinski definition) is 1. The van der Waals surface area contributed by atoms with Crippen LogP contribution in [-0.4, -0.2) is 48.5 Å². The van der Waals surface area contributed by atoms with Gasteiger partial charge in [-0.2, -0.15) is 4.98 Å². The molecule has 22 heavy (non-hydrogen) atoms. The topological polar surface area (TPSA) is 75.6 Å². The van der Waals surface area contributed by atoms with E-state index in [4.69, 9.17) is 10.2 Å². The Kier molecular flexibility index (Phi) is 4.29. The molecule has 0 saturated carbocycles. The van der Waals surface area contributed by atoms with Gasteiger partial charge in [-0.05, 0) is 37.6 Å². The number of amides is 1. The predicted molar refractivity (Wildman–Crippen MR) is 85.8 cm³/mol. The van der Waals surface area contributed by atoms with Gasteiger partial charge in [0.05, 0.1) is 0 Å². The van der Waals surface area contributed by atoms with Crippen LogP contribution in [0.25, 0.3) is 11.1 Å². The summed E-state index contributed by atoms with van der Waals surface area (Å²) in [6.07, 6.45) is 1.29. The molecule has 1 aliphatic rings. The van der Waals surface area contributed by atoms with Crippen LogP contribution in [0.5, 0.6) is 0 Å². The minimum absolute atomic E-state index is 0.193. The van der Waals surface area contributed by atoms with Gasteiger partial charge in [0.25, 0.3) is 6.01 Å². The molecule has 0 unspecified atom stereocenters. The second-order valence-corrected chi connectivity index (χ2v) is 5.73. The third kappa shape index (κ3) is 3.06. The van der Waals surface area contributed by atoms with Crippen LogP contribution >= 0.6 is 0 Å². The van der Waals surface area contributed by atoms with Crippen molar-refractivity contribution < 1.29 is 9.21 Å². The van der Waals surface area contributed by atoms with E-state index in [0.29, 0.717) is 32.1 Å². The molecule has 6 heteroatoms. The molecule has 1 aromatic heterocycles. The molecule has 1 fully saturated rings. The lowest BCUT2D eigenvalue weighted by atomic mass is 10.2. The number of nitrogens with zero attached hydrogens (tertiary/aromatic N) is 3. The van der Waals surface area contributed by atoms with Crippen molar-refractivity contribution in [1.29, 1.82) is 0 Å². The largest absolute Gasteiger partial charge is 0.423 e. The normalized spacial score (nSPS) is 15.5. The van der Waals surface area contributed by atoms with Gasteiger partial charge in [-0.1, -0.05) is 6.07 Å². The standard InChI is InChI=1S/C16H22N4O2/c1-12-4-5-14-13(11-12)18-16(22-14)20-9-7-19(8-10-20)15(21)3-2-6-17/h4-5,11H,2-3,6-10,17H2,1H3. The number of nitrogens with two attached hydrogens (primary N) is 1. The SMILES string of the molecule is Cc1ccc2oc(N3CCN(C(=O)CCCN)CC3)nc2c1. The molecule has 1 saturated heterocycles. The Hall–Kier alpha value is -2.08. The third-order valence-electron chi connectivity index (χ3n) is 4.03. The van der Waals surface area contributed by atoms with Crippen LogP contribution in [0.2, 0.25) is 0 Å². The Morgan fingerprint density at radius 3 is 2.82 bits per heavy atom. The Labute approximate surface area is 129 Å². The summed E-state index contributed by atoms with van der Waals surface area (Å²) in [5, 5.41) is 0. The average Bonchev–Trinajstić information content (AvgIpc) is 2.95. The van der Waals surface area contributed by atoms with Gasteiger partial charge in [-0.25, -0.2) is 0 Å². The minimum Gasteiger partial charge on any atom is -0.423 e. The molecule has 0 atom stereocenters. The number of piperazine rings is 1. The fraction of sp³-hybridized carbons (Fsp3) is 0.500. The number of carbonyl (C=O) groups is 1. The van der Waals surface area contributed by atoms with E-state index in [1.54, 1.807) is 0 Å². The molecule has 6 nitrogen and oxygen atoms in total. The zero-order valence-electron chi connectivity index (χ0n) is 12.9. The Balaban J connectivity index is 1.64. The maximum absolute atomic E-state index is 12.0. The van der Waals surface area contributed by atoms with E-state index in [2.05, 4.69) is 9.88 Å². The molecule has 3 rings (SSSR count). The Morgan fingerprint density at radius 1 is 1.32 bits per heavy atom. The summed E-state index contributed by atoms with van der Waals surface area (Å²) in [6, 6.07) is 6.64. The summed E-state index contributed by atoms with van der Waals surface area (Å²) in [4.78, 5) is 20.5. The molecule has 0 radical (unpaired) electrons. The second-order valence-electron chi connectivity index (χ2n) is 5.73. The average molecular weight is 302 g/mol. The minimum atomic E-state index is 0.193. The fourth-order valence-corrected chi connectivity index (χ4v) is 2.72. The number of aromatic nitrogens is 1. The Bertz CT molecular complexity index is 659. The van der Waals surface area contributed by atoms with Crippen molar-refractivity contribution in [2.45, 2.75) is 19.8 Å². The van der Waals surface area contributed by atoms with E-state index >= 15 is 0 Å². The summed E-state index contributed by atoms with van der Waals surface area (Å²) < 4.78 is 5.82. The highest BCUT2D eigenvalue weighted by atomic mass is 16.4. The lowest BCUT2D eigenvalue weighted by molar-refractivity contribution is -0.131. The van der Waals surface area contributed by atoms with Gasteiger partial charge in [0.1, 0.15) is 5.52 Å². The van der Waals surface area contributed by atoms with Crippen LogP contribution < -0.4 is 10.6 Å². The van der Waals surface area contributed by atoms with Crippen molar-refractivity contribution >= 4 is 23.0 Å². The van der Waals surface area contributed by atoms with Gasteiger partial charge in [0, 0.05) is 32.6 Å². The monoisotopic (exact) mass is 302 g/mol. The summed E-state index contributed by atoms with van der Waals surface area (Å²) in [5.41, 5.74) is 8.31. The molecule has 2 aromatic rings. The van der Waals surface area contributed by atoms with Crippen molar-refractivity contribution in [3.63, 3.8) is 0 Å². The van der Waals surface area contributed by atoms with Gasteiger partial charge < -0.3 is 20.0 Å². The zero-order chi connectivity index (χ0) is 15.5. The summed E-state index contributed by atoms with van der Waals surface area (Å²) in [7, 11) is 0. The zero-order valence-corrected chi connectivity index (χ0v) is 12.9. The number of benzene rings is 1. The van der Waals surface area contributed by atoms with Crippen molar-refractivity contribution in [3.8, 4) is 0 Å². The van der Waals surface area contributed by atoms with Gasteiger partial charge in [-0.3, -0.25) is 4.79 Å². The van der Waals surface area contributed by atoms with Crippen molar-refractivity contribution in [3.05, 3.63) is 23.8 Å². The molecular weight excluding hydrogens is 280 g/mol. The molecule has 2 heterocycles. The number of aryl methyl sites for hydroxylation is 1. The van der Waals surface area contributed by atoms with Crippen LogP contribution in [0, 0.1) is 6.92 Å². The van der Waals surface area contributed by atoms with Gasteiger partial charge >= 0.3 is 0 Å². The highest BCUT2D eigenvalue weighted by Crippen LogP contribution is 2.23. The highest BCUT2D eigenvalue weighted by Gasteiger charge is 2.23. The van der Waals surface area contributed by atoms with Crippen molar-refractivity contribution in [2.24, 2.45) is 5.73 Å². The molecule has 1 aliphatic heterocycles. The molecule has 0 aliphatic carbocycles. The Morgan fingerprint density at radius 2 is 2.09 bits per heavy atom. The smallest absolute Gasteiger partial charge is 0.298 e. The summed E-state index contributed by atoms with van der Waals surface area (Å²) in [5.74, 6) is 0.193. The van der Waals surface area contributed by atoms with E-state index in [1.807, 2.05) is 30.0 Å². The van der Waals surface area contributed by atoms with Crippen LogP contribution in [0.1, 0.15) is 18.4 Å². The molecule has 0 spiro atoms. The number of fused-ring (bicyclic) bond motifs is 1. The molecule has 1 aromatic carbocycles. The van der Waals surface area contributed by atoms with E-state index in [9.17, 15) is 4.79 Å². The van der Waals surface area contributed by atoms with E-state index in [-0.39, 0.29) is 5.91 Å². The van der Waals surface area contributed by atoms with E-state index in [1.165, 1.54) is 5.56 Å². The highest BCUT2D eigenvalue weighted by molar-refractivity contribution is 5.77. The number of carbonyl (C=O) groups excluding carboxylic acids is 1. The first-order valence-electron chi connectivity index (χ1n) is 7.77. The molecular formula is C16H22N4O2. The quantitative estimate of drug-likeness (QED) is 0.927.